The fourth-order valence-electron chi connectivity index (χ4n) is 2.39. The monoisotopic (exact) mass is 324 g/mol. The SMILES string of the molecule is Cc1nn(C)cc1C=C(C#N)C(=O)NCc1ccc2c(c1)OCO2. The number of aromatic nitrogens is 2. The van der Waals surface area contributed by atoms with Crippen molar-refractivity contribution in [2.24, 2.45) is 7.05 Å². The summed E-state index contributed by atoms with van der Waals surface area (Å²) in [6, 6.07) is 7.38. The number of aryl methyl sites for hydroxylation is 2. The maximum absolute atomic E-state index is 12.2. The number of hydrogen-bond acceptors (Lipinski definition) is 5. The zero-order chi connectivity index (χ0) is 17.1. The zero-order valence-corrected chi connectivity index (χ0v) is 13.4. The summed E-state index contributed by atoms with van der Waals surface area (Å²) in [6.07, 6.45) is 3.30. The van der Waals surface area contributed by atoms with Crippen LogP contribution < -0.4 is 14.8 Å². The molecule has 3 rings (SSSR count). The molecule has 7 heteroatoms. The molecule has 0 atom stereocenters. The number of rotatable bonds is 4. The molecule has 0 spiro atoms. The first-order valence-electron chi connectivity index (χ1n) is 7.35. The van der Waals surface area contributed by atoms with E-state index in [0.29, 0.717) is 18.0 Å². The van der Waals surface area contributed by atoms with E-state index >= 15 is 0 Å². The summed E-state index contributed by atoms with van der Waals surface area (Å²) in [5, 5.41) is 16.2. The lowest BCUT2D eigenvalue weighted by atomic mass is 10.1. The summed E-state index contributed by atoms with van der Waals surface area (Å²) in [4.78, 5) is 12.2. The standard InChI is InChI=1S/C17H16N4O3/c1-11-14(9-21(2)20-11)6-13(7-18)17(22)19-8-12-3-4-15-16(5-12)24-10-23-15/h3-6,9H,8,10H2,1-2H3,(H,19,22). The molecule has 2 aromatic rings. The zero-order valence-electron chi connectivity index (χ0n) is 13.4. The molecule has 122 valence electrons. The molecule has 0 fully saturated rings. The van der Waals surface area contributed by atoms with E-state index in [2.05, 4.69) is 10.4 Å². The minimum Gasteiger partial charge on any atom is -0.454 e. The molecule has 0 unspecified atom stereocenters. The van der Waals surface area contributed by atoms with Crippen LogP contribution in [0.3, 0.4) is 0 Å². The maximum atomic E-state index is 12.2. The van der Waals surface area contributed by atoms with Gasteiger partial charge in [0.15, 0.2) is 11.5 Å². The van der Waals surface area contributed by atoms with Crippen LogP contribution in [0.1, 0.15) is 16.8 Å². The fraction of sp³-hybridized carbons (Fsp3) is 0.235. The first kappa shape index (κ1) is 15.6. The second kappa shape index (κ2) is 6.46. The third kappa shape index (κ3) is 3.22. The van der Waals surface area contributed by atoms with Gasteiger partial charge in [-0.25, -0.2) is 0 Å². The maximum Gasteiger partial charge on any atom is 0.262 e. The Bertz CT molecular complexity index is 861. The van der Waals surface area contributed by atoms with Crippen LogP contribution in [0.5, 0.6) is 11.5 Å². The Morgan fingerprint density at radius 1 is 1.46 bits per heavy atom. The van der Waals surface area contributed by atoms with E-state index in [-0.39, 0.29) is 12.4 Å². The van der Waals surface area contributed by atoms with Crippen molar-refractivity contribution in [1.82, 2.24) is 15.1 Å². The van der Waals surface area contributed by atoms with Gasteiger partial charge in [-0.05, 0) is 30.7 Å². The van der Waals surface area contributed by atoms with Crippen LogP contribution in [0.2, 0.25) is 0 Å². The Morgan fingerprint density at radius 2 is 2.25 bits per heavy atom. The molecule has 7 nitrogen and oxygen atoms in total. The van der Waals surface area contributed by atoms with Crippen molar-refractivity contribution in [2.75, 3.05) is 6.79 Å². The quantitative estimate of drug-likeness (QED) is 0.683. The van der Waals surface area contributed by atoms with E-state index in [1.807, 2.05) is 25.1 Å². The highest BCUT2D eigenvalue weighted by atomic mass is 16.7. The molecular weight excluding hydrogens is 308 g/mol. The van der Waals surface area contributed by atoms with Crippen molar-refractivity contribution in [3.63, 3.8) is 0 Å². The predicted molar refractivity (Wildman–Crippen MR) is 85.9 cm³/mol. The first-order valence-corrected chi connectivity index (χ1v) is 7.35. The third-order valence-electron chi connectivity index (χ3n) is 3.61. The summed E-state index contributed by atoms with van der Waals surface area (Å²) in [5.41, 5.74) is 2.40. The minimum atomic E-state index is -0.432. The van der Waals surface area contributed by atoms with Gasteiger partial charge < -0.3 is 14.8 Å². The molecule has 0 radical (unpaired) electrons. The van der Waals surface area contributed by atoms with Gasteiger partial charge in [-0.3, -0.25) is 9.48 Å². The lowest BCUT2D eigenvalue weighted by molar-refractivity contribution is -0.117. The summed E-state index contributed by atoms with van der Waals surface area (Å²) >= 11 is 0. The molecule has 0 saturated heterocycles. The highest BCUT2D eigenvalue weighted by Gasteiger charge is 2.14. The van der Waals surface area contributed by atoms with Crippen molar-refractivity contribution in [1.29, 1.82) is 5.26 Å². The summed E-state index contributed by atoms with van der Waals surface area (Å²) < 4.78 is 12.2. The van der Waals surface area contributed by atoms with Crippen LogP contribution in [0.15, 0.2) is 30.0 Å². The Kier molecular flexibility index (Phi) is 4.20. The topological polar surface area (TPSA) is 89.2 Å². The minimum absolute atomic E-state index is 0.0341. The number of nitrogens with zero attached hydrogens (tertiary/aromatic N) is 3. The molecule has 1 aliphatic rings. The smallest absolute Gasteiger partial charge is 0.262 e. The van der Waals surface area contributed by atoms with E-state index in [1.54, 1.807) is 24.0 Å². The molecule has 2 heterocycles. The van der Waals surface area contributed by atoms with Gasteiger partial charge in [0.1, 0.15) is 11.6 Å². The van der Waals surface area contributed by atoms with Gasteiger partial charge in [0.25, 0.3) is 5.91 Å². The molecule has 1 amide bonds. The van der Waals surface area contributed by atoms with E-state index in [1.165, 1.54) is 6.08 Å². The number of fused-ring (bicyclic) bond motifs is 1. The molecule has 0 saturated carbocycles. The molecular formula is C17H16N4O3. The van der Waals surface area contributed by atoms with Crippen LogP contribution >= 0.6 is 0 Å². The predicted octanol–water partition coefficient (Wildman–Crippen LogP) is 1.68. The van der Waals surface area contributed by atoms with E-state index in [9.17, 15) is 10.1 Å². The van der Waals surface area contributed by atoms with Crippen molar-refractivity contribution in [3.8, 4) is 17.6 Å². The summed E-state index contributed by atoms with van der Waals surface area (Å²) in [7, 11) is 1.79. The van der Waals surface area contributed by atoms with Gasteiger partial charge >= 0.3 is 0 Å². The second-order valence-electron chi connectivity index (χ2n) is 5.38. The van der Waals surface area contributed by atoms with Crippen LogP contribution in [0.25, 0.3) is 6.08 Å². The van der Waals surface area contributed by atoms with Gasteiger partial charge in [-0.15, -0.1) is 0 Å². The first-order chi connectivity index (χ1) is 11.6. The number of carbonyl (C=O) groups is 1. The normalized spacial score (nSPS) is 12.8. The Labute approximate surface area is 139 Å². The Balaban J connectivity index is 1.69. The third-order valence-corrected chi connectivity index (χ3v) is 3.61. The average Bonchev–Trinajstić information content (AvgIpc) is 3.15. The Hall–Kier alpha value is -3.27. The molecule has 1 aliphatic heterocycles. The van der Waals surface area contributed by atoms with Gasteiger partial charge in [-0.1, -0.05) is 6.07 Å². The highest BCUT2D eigenvalue weighted by Crippen LogP contribution is 2.32. The van der Waals surface area contributed by atoms with E-state index in [4.69, 9.17) is 9.47 Å². The number of nitrogens with one attached hydrogen (secondary N) is 1. The number of amides is 1. The summed E-state index contributed by atoms with van der Waals surface area (Å²) in [5.74, 6) is 0.914. The van der Waals surface area contributed by atoms with Crippen molar-refractivity contribution < 1.29 is 14.3 Å². The number of nitriles is 1. The van der Waals surface area contributed by atoms with Gasteiger partial charge in [-0.2, -0.15) is 10.4 Å². The van der Waals surface area contributed by atoms with Gasteiger partial charge in [0.2, 0.25) is 6.79 Å². The van der Waals surface area contributed by atoms with Crippen LogP contribution in [-0.2, 0) is 18.4 Å². The number of ether oxygens (including phenoxy) is 2. The van der Waals surface area contributed by atoms with Gasteiger partial charge in [0, 0.05) is 25.4 Å². The highest BCUT2D eigenvalue weighted by molar-refractivity contribution is 6.01. The number of carbonyl (C=O) groups excluding carboxylic acids is 1. The fourth-order valence-corrected chi connectivity index (χ4v) is 2.39. The van der Waals surface area contributed by atoms with Crippen molar-refractivity contribution in [3.05, 3.63) is 46.8 Å². The van der Waals surface area contributed by atoms with Crippen molar-refractivity contribution in [2.45, 2.75) is 13.5 Å². The lowest BCUT2D eigenvalue weighted by Gasteiger charge is -2.05. The lowest BCUT2D eigenvalue weighted by Crippen LogP contribution is -2.23. The largest absolute Gasteiger partial charge is 0.454 e. The molecule has 1 aromatic carbocycles. The Morgan fingerprint density at radius 3 is 2.96 bits per heavy atom. The van der Waals surface area contributed by atoms with Crippen LogP contribution in [-0.4, -0.2) is 22.5 Å². The molecule has 0 aliphatic carbocycles. The molecule has 1 N–H and O–H groups in total. The molecule has 0 bridgehead atoms. The summed E-state index contributed by atoms with van der Waals surface area (Å²) in [6.45, 7) is 2.32. The van der Waals surface area contributed by atoms with Crippen LogP contribution in [0.4, 0.5) is 0 Å². The van der Waals surface area contributed by atoms with Gasteiger partial charge in [0.05, 0.1) is 5.69 Å². The number of benzene rings is 1. The van der Waals surface area contributed by atoms with E-state index < -0.39 is 5.91 Å². The van der Waals surface area contributed by atoms with Crippen LogP contribution in [0, 0.1) is 18.3 Å². The second-order valence-corrected chi connectivity index (χ2v) is 5.38. The van der Waals surface area contributed by atoms with E-state index in [0.717, 1.165) is 16.8 Å². The van der Waals surface area contributed by atoms with Crippen molar-refractivity contribution >= 4 is 12.0 Å². The molecule has 1 aromatic heterocycles. The average molecular weight is 324 g/mol. The molecule has 24 heavy (non-hydrogen) atoms. The number of hydrogen-bond donors (Lipinski definition) is 1.